The Morgan fingerprint density at radius 3 is 2.64 bits per heavy atom. The van der Waals surface area contributed by atoms with Gasteiger partial charge in [-0.15, -0.1) is 0 Å². The fourth-order valence-electron chi connectivity index (χ4n) is 2.90. The molecule has 0 unspecified atom stereocenters. The number of benzene rings is 1. The van der Waals surface area contributed by atoms with E-state index in [0.717, 1.165) is 11.1 Å². The summed E-state index contributed by atoms with van der Waals surface area (Å²) in [5.74, 6) is -0.390. The minimum absolute atomic E-state index is 0.00212. The van der Waals surface area contributed by atoms with E-state index in [9.17, 15) is 9.59 Å². The maximum absolute atomic E-state index is 12.7. The van der Waals surface area contributed by atoms with Crippen molar-refractivity contribution in [1.29, 1.82) is 0 Å². The van der Waals surface area contributed by atoms with Crippen molar-refractivity contribution in [2.75, 3.05) is 6.61 Å². The van der Waals surface area contributed by atoms with Gasteiger partial charge < -0.3 is 15.0 Å². The molecule has 25 heavy (non-hydrogen) atoms. The van der Waals surface area contributed by atoms with Gasteiger partial charge >= 0.3 is 0 Å². The molecule has 0 saturated carbocycles. The van der Waals surface area contributed by atoms with Crippen LogP contribution in [-0.2, 0) is 27.4 Å². The summed E-state index contributed by atoms with van der Waals surface area (Å²) in [4.78, 5) is 30.6. The molecule has 0 spiro atoms. The molecule has 0 bridgehead atoms. The van der Waals surface area contributed by atoms with E-state index in [0.29, 0.717) is 13.1 Å². The number of hydrogen-bond donors (Lipinski definition) is 1. The highest BCUT2D eigenvalue weighted by Gasteiger charge is 2.39. The summed E-state index contributed by atoms with van der Waals surface area (Å²) in [6.45, 7) is 2.60. The number of amides is 2. The predicted molar refractivity (Wildman–Crippen MR) is 92.3 cm³/mol. The second-order valence-corrected chi connectivity index (χ2v) is 6.04. The molecular formula is C19H21N3O3. The molecule has 2 aromatic rings. The largest absolute Gasteiger partial charge is 0.366 e. The van der Waals surface area contributed by atoms with Crippen molar-refractivity contribution in [3.8, 4) is 0 Å². The lowest BCUT2D eigenvalue weighted by Gasteiger charge is -2.38. The molecule has 1 aromatic carbocycles. The summed E-state index contributed by atoms with van der Waals surface area (Å²) < 4.78 is 5.48. The zero-order valence-corrected chi connectivity index (χ0v) is 14.1. The lowest BCUT2D eigenvalue weighted by Crippen LogP contribution is -2.59. The predicted octanol–water partition coefficient (Wildman–Crippen LogP) is 1.51. The number of nitrogens with zero attached hydrogens (tertiary/aromatic N) is 2. The third-order valence-electron chi connectivity index (χ3n) is 4.25. The van der Waals surface area contributed by atoms with Crippen LogP contribution in [0.15, 0.2) is 54.9 Å². The molecule has 2 amide bonds. The standard InChI is InChI=1S/C19H21N3O3/c1-14-18(19(24)21-11-15-7-9-20-10-8-15)22(17(23)13-25-14)12-16-5-3-2-4-6-16/h2-10,14,18H,11-13H2,1H3,(H,21,24)/t14-,18+/m1/s1. The van der Waals surface area contributed by atoms with Crippen LogP contribution < -0.4 is 5.32 Å². The summed E-state index contributed by atoms with van der Waals surface area (Å²) in [6, 6.07) is 12.7. The Bertz CT molecular complexity index is 721. The molecule has 6 nitrogen and oxygen atoms in total. The smallest absolute Gasteiger partial charge is 0.249 e. The summed E-state index contributed by atoms with van der Waals surface area (Å²) in [6.07, 6.45) is 3.00. The number of aromatic nitrogens is 1. The van der Waals surface area contributed by atoms with Gasteiger partial charge in [0.2, 0.25) is 11.8 Å². The number of nitrogens with one attached hydrogen (secondary N) is 1. The summed E-state index contributed by atoms with van der Waals surface area (Å²) in [5.41, 5.74) is 1.94. The van der Waals surface area contributed by atoms with E-state index >= 15 is 0 Å². The van der Waals surface area contributed by atoms with Crippen molar-refractivity contribution in [2.24, 2.45) is 0 Å². The van der Waals surface area contributed by atoms with Gasteiger partial charge in [0.05, 0.1) is 6.10 Å². The van der Waals surface area contributed by atoms with E-state index < -0.39 is 6.04 Å². The Balaban J connectivity index is 1.72. The summed E-state index contributed by atoms with van der Waals surface area (Å²) in [7, 11) is 0. The molecule has 1 aromatic heterocycles. The first-order chi connectivity index (χ1) is 12.1. The number of rotatable bonds is 5. The molecule has 1 aliphatic rings. The molecule has 1 fully saturated rings. The second kappa shape index (κ2) is 7.90. The molecule has 1 N–H and O–H groups in total. The fraction of sp³-hybridized carbons (Fsp3) is 0.316. The zero-order chi connectivity index (χ0) is 17.6. The Morgan fingerprint density at radius 1 is 1.20 bits per heavy atom. The normalized spacial score (nSPS) is 20.4. The van der Waals surface area contributed by atoms with Gasteiger partial charge in [-0.25, -0.2) is 0 Å². The first-order valence-electron chi connectivity index (χ1n) is 8.27. The Hall–Kier alpha value is -2.73. The number of carbonyl (C=O) groups excluding carboxylic acids is 2. The number of ether oxygens (including phenoxy) is 1. The monoisotopic (exact) mass is 339 g/mol. The SMILES string of the molecule is C[C@H]1OCC(=O)N(Cc2ccccc2)[C@@H]1C(=O)NCc1ccncc1. The molecule has 1 saturated heterocycles. The van der Waals surface area contributed by atoms with E-state index in [1.54, 1.807) is 17.3 Å². The van der Waals surface area contributed by atoms with Gasteiger partial charge in [0.15, 0.2) is 0 Å². The molecule has 2 atom stereocenters. The molecular weight excluding hydrogens is 318 g/mol. The Kier molecular flexibility index (Phi) is 5.40. The highest BCUT2D eigenvalue weighted by Crippen LogP contribution is 2.19. The van der Waals surface area contributed by atoms with Crippen molar-refractivity contribution in [3.05, 3.63) is 66.0 Å². The van der Waals surface area contributed by atoms with E-state index in [-0.39, 0.29) is 24.5 Å². The van der Waals surface area contributed by atoms with Crippen molar-refractivity contribution in [1.82, 2.24) is 15.2 Å². The molecule has 0 radical (unpaired) electrons. The Labute approximate surface area is 146 Å². The van der Waals surface area contributed by atoms with Gasteiger partial charge in [0.1, 0.15) is 12.6 Å². The van der Waals surface area contributed by atoms with Crippen LogP contribution in [0.5, 0.6) is 0 Å². The number of hydrogen-bond acceptors (Lipinski definition) is 4. The van der Waals surface area contributed by atoms with Crippen molar-refractivity contribution >= 4 is 11.8 Å². The first kappa shape index (κ1) is 17.1. The lowest BCUT2D eigenvalue weighted by atomic mass is 10.1. The maximum Gasteiger partial charge on any atom is 0.249 e. The molecule has 3 rings (SSSR count). The number of carbonyl (C=O) groups is 2. The first-order valence-corrected chi connectivity index (χ1v) is 8.27. The van der Waals surface area contributed by atoms with Crippen LogP contribution in [0.1, 0.15) is 18.1 Å². The van der Waals surface area contributed by atoms with Crippen LogP contribution >= 0.6 is 0 Å². The van der Waals surface area contributed by atoms with Crippen LogP contribution in [0.25, 0.3) is 0 Å². The van der Waals surface area contributed by atoms with Crippen molar-refractivity contribution in [3.63, 3.8) is 0 Å². The number of morpholine rings is 1. The minimum Gasteiger partial charge on any atom is -0.366 e. The van der Waals surface area contributed by atoms with Crippen molar-refractivity contribution < 1.29 is 14.3 Å². The molecule has 0 aliphatic carbocycles. The van der Waals surface area contributed by atoms with Gasteiger partial charge in [-0.2, -0.15) is 0 Å². The van der Waals surface area contributed by atoms with Gasteiger partial charge in [-0.05, 0) is 30.2 Å². The molecule has 6 heteroatoms. The van der Waals surface area contributed by atoms with Gasteiger partial charge in [0, 0.05) is 25.5 Å². The van der Waals surface area contributed by atoms with E-state index in [2.05, 4.69) is 10.3 Å². The summed E-state index contributed by atoms with van der Waals surface area (Å²) in [5, 5.41) is 2.89. The molecule has 2 heterocycles. The van der Waals surface area contributed by atoms with E-state index in [4.69, 9.17) is 4.74 Å². The third-order valence-corrected chi connectivity index (χ3v) is 4.25. The fourth-order valence-corrected chi connectivity index (χ4v) is 2.90. The number of pyridine rings is 1. The minimum atomic E-state index is -0.650. The highest BCUT2D eigenvalue weighted by atomic mass is 16.5. The highest BCUT2D eigenvalue weighted by molar-refractivity contribution is 5.89. The topological polar surface area (TPSA) is 71.5 Å². The Morgan fingerprint density at radius 2 is 1.92 bits per heavy atom. The maximum atomic E-state index is 12.7. The van der Waals surface area contributed by atoms with E-state index in [1.165, 1.54) is 0 Å². The van der Waals surface area contributed by atoms with Gasteiger partial charge in [-0.1, -0.05) is 30.3 Å². The molecule has 130 valence electrons. The van der Waals surface area contributed by atoms with Crippen molar-refractivity contribution in [2.45, 2.75) is 32.2 Å². The van der Waals surface area contributed by atoms with Crippen LogP contribution in [0.2, 0.25) is 0 Å². The summed E-state index contributed by atoms with van der Waals surface area (Å²) >= 11 is 0. The zero-order valence-electron chi connectivity index (χ0n) is 14.1. The second-order valence-electron chi connectivity index (χ2n) is 6.04. The molecule has 1 aliphatic heterocycles. The quantitative estimate of drug-likeness (QED) is 0.896. The lowest BCUT2D eigenvalue weighted by molar-refractivity contribution is -0.163. The van der Waals surface area contributed by atoms with Crippen LogP contribution in [0, 0.1) is 0 Å². The van der Waals surface area contributed by atoms with Gasteiger partial charge in [-0.3, -0.25) is 14.6 Å². The average Bonchev–Trinajstić information content (AvgIpc) is 2.65. The van der Waals surface area contributed by atoms with Crippen LogP contribution in [0.4, 0.5) is 0 Å². The average molecular weight is 339 g/mol. The van der Waals surface area contributed by atoms with Crippen LogP contribution in [-0.4, -0.2) is 40.5 Å². The van der Waals surface area contributed by atoms with E-state index in [1.807, 2.05) is 49.4 Å². The van der Waals surface area contributed by atoms with Crippen LogP contribution in [0.3, 0.4) is 0 Å². The van der Waals surface area contributed by atoms with Gasteiger partial charge in [0.25, 0.3) is 0 Å². The third kappa shape index (κ3) is 4.22.